The van der Waals surface area contributed by atoms with Gasteiger partial charge < -0.3 is 20.3 Å². The van der Waals surface area contributed by atoms with Gasteiger partial charge in [-0.15, -0.1) is 0 Å². The maximum absolute atomic E-state index is 13.7. The lowest BCUT2D eigenvalue weighted by atomic mass is 9.90. The van der Waals surface area contributed by atoms with Crippen LogP contribution in [0, 0.1) is 13.8 Å². The van der Waals surface area contributed by atoms with Gasteiger partial charge in [0.15, 0.2) is 0 Å². The van der Waals surface area contributed by atoms with Crippen molar-refractivity contribution >= 4 is 17.9 Å². The third kappa shape index (κ3) is 7.53. The zero-order valence-corrected chi connectivity index (χ0v) is 21.5. The van der Waals surface area contributed by atoms with Gasteiger partial charge in [0.2, 0.25) is 11.8 Å². The molecular weight excluding hydrogens is 406 g/mol. The maximum atomic E-state index is 13.7. The first-order valence-electron chi connectivity index (χ1n) is 11.1. The number of hydrogen-bond acceptors (Lipinski definition) is 4. The van der Waals surface area contributed by atoms with Crippen LogP contribution in [0.2, 0.25) is 0 Å². The van der Waals surface area contributed by atoms with Gasteiger partial charge in [-0.3, -0.25) is 9.59 Å². The first kappa shape index (κ1) is 27.5. The molecule has 1 aromatic rings. The number of ether oxygens (including phenoxy) is 1. The highest BCUT2D eigenvalue weighted by Gasteiger charge is 2.41. The largest absolute Gasteiger partial charge is 0.444 e. The highest BCUT2D eigenvalue weighted by atomic mass is 16.6. The lowest BCUT2D eigenvalue weighted by molar-refractivity contribution is -0.148. The van der Waals surface area contributed by atoms with Crippen molar-refractivity contribution in [3.05, 3.63) is 34.9 Å². The molecule has 0 aromatic heterocycles. The van der Waals surface area contributed by atoms with Gasteiger partial charge >= 0.3 is 6.09 Å². The SMILES string of the molecule is Cc1cccc(C)c1C(C(=O)NC(C)C)N(C(=O)C(C)NC(=O)OC(C)(C)C)C(C)(C)C. The lowest BCUT2D eigenvalue weighted by Gasteiger charge is -2.43. The van der Waals surface area contributed by atoms with Crippen molar-refractivity contribution in [2.75, 3.05) is 0 Å². The van der Waals surface area contributed by atoms with Gasteiger partial charge in [0.25, 0.3) is 0 Å². The highest BCUT2D eigenvalue weighted by molar-refractivity contribution is 5.93. The summed E-state index contributed by atoms with van der Waals surface area (Å²) >= 11 is 0. The number of amides is 3. The monoisotopic (exact) mass is 447 g/mol. The molecular formula is C25H41N3O4. The zero-order chi connectivity index (χ0) is 25.0. The van der Waals surface area contributed by atoms with E-state index in [4.69, 9.17) is 4.74 Å². The van der Waals surface area contributed by atoms with Gasteiger partial charge in [-0.05, 0) is 92.9 Å². The van der Waals surface area contributed by atoms with Crippen LogP contribution in [0.5, 0.6) is 0 Å². The molecule has 0 aliphatic heterocycles. The van der Waals surface area contributed by atoms with Crippen LogP contribution in [-0.4, -0.2) is 46.0 Å². The van der Waals surface area contributed by atoms with E-state index in [9.17, 15) is 14.4 Å². The van der Waals surface area contributed by atoms with Crippen molar-refractivity contribution < 1.29 is 19.1 Å². The van der Waals surface area contributed by atoms with E-state index < -0.39 is 29.3 Å². The van der Waals surface area contributed by atoms with E-state index in [1.807, 2.05) is 66.7 Å². The molecule has 2 atom stereocenters. The fourth-order valence-electron chi connectivity index (χ4n) is 3.60. The Bertz CT molecular complexity index is 814. The number of rotatable bonds is 6. The summed E-state index contributed by atoms with van der Waals surface area (Å²) in [6.45, 7) is 20.2. The first-order valence-corrected chi connectivity index (χ1v) is 11.1. The second-order valence-corrected chi connectivity index (χ2v) is 10.6. The number of hydrogen-bond donors (Lipinski definition) is 2. The lowest BCUT2D eigenvalue weighted by Crippen LogP contribution is -2.58. The van der Waals surface area contributed by atoms with Crippen molar-refractivity contribution in [2.45, 2.75) is 105 Å². The standard InChI is InChI=1S/C25H41N3O4/c1-15(2)26-21(29)20(19-16(3)13-12-14-17(19)4)28(24(6,7)8)22(30)18(5)27-23(31)32-25(9,10)11/h12-15,18,20H,1-11H3,(H,26,29)(H,27,31). The van der Waals surface area contributed by atoms with E-state index >= 15 is 0 Å². The van der Waals surface area contributed by atoms with Gasteiger partial charge in [-0.2, -0.15) is 0 Å². The average Bonchev–Trinajstić information content (AvgIpc) is 2.56. The van der Waals surface area contributed by atoms with Gasteiger partial charge in [0, 0.05) is 11.6 Å². The molecule has 0 saturated carbocycles. The molecule has 32 heavy (non-hydrogen) atoms. The van der Waals surface area contributed by atoms with E-state index in [0.717, 1.165) is 16.7 Å². The summed E-state index contributed by atoms with van der Waals surface area (Å²) in [5, 5.41) is 5.59. The smallest absolute Gasteiger partial charge is 0.408 e. The summed E-state index contributed by atoms with van der Waals surface area (Å²) < 4.78 is 5.31. The molecule has 1 rings (SSSR count). The van der Waals surface area contributed by atoms with Gasteiger partial charge in [-0.25, -0.2) is 4.79 Å². The molecule has 1 aromatic carbocycles. The van der Waals surface area contributed by atoms with Crippen molar-refractivity contribution in [1.82, 2.24) is 15.5 Å². The number of alkyl carbamates (subject to hydrolysis) is 1. The molecule has 0 heterocycles. The Balaban J connectivity index is 3.49. The maximum Gasteiger partial charge on any atom is 0.408 e. The number of nitrogens with zero attached hydrogens (tertiary/aromatic N) is 1. The summed E-state index contributed by atoms with van der Waals surface area (Å²) in [4.78, 5) is 41.0. The molecule has 0 radical (unpaired) electrons. The van der Waals surface area contributed by atoms with Crippen LogP contribution in [0.25, 0.3) is 0 Å². The van der Waals surface area contributed by atoms with Crippen molar-refractivity contribution in [3.63, 3.8) is 0 Å². The highest BCUT2D eigenvalue weighted by Crippen LogP contribution is 2.33. The van der Waals surface area contributed by atoms with Gasteiger partial charge in [-0.1, -0.05) is 18.2 Å². The Labute approximate surface area is 193 Å². The molecule has 0 aliphatic rings. The van der Waals surface area contributed by atoms with Crippen LogP contribution < -0.4 is 10.6 Å². The third-order valence-electron chi connectivity index (χ3n) is 4.82. The number of nitrogens with one attached hydrogen (secondary N) is 2. The third-order valence-corrected chi connectivity index (χ3v) is 4.82. The number of carbonyl (C=O) groups excluding carboxylic acids is 3. The normalized spacial score (nSPS) is 13.9. The Hall–Kier alpha value is -2.57. The van der Waals surface area contributed by atoms with Crippen LogP contribution in [-0.2, 0) is 14.3 Å². The first-order chi connectivity index (χ1) is 14.5. The predicted octanol–water partition coefficient (Wildman–Crippen LogP) is 4.41. The molecule has 0 aliphatic carbocycles. The van der Waals surface area contributed by atoms with Crippen molar-refractivity contribution in [1.29, 1.82) is 0 Å². The minimum atomic E-state index is -0.886. The molecule has 180 valence electrons. The average molecular weight is 448 g/mol. The van der Waals surface area contributed by atoms with E-state index in [-0.39, 0.29) is 17.9 Å². The Morgan fingerprint density at radius 2 is 1.41 bits per heavy atom. The number of carbonyl (C=O) groups is 3. The van der Waals surface area contributed by atoms with E-state index in [1.54, 1.807) is 32.6 Å². The Morgan fingerprint density at radius 1 is 0.906 bits per heavy atom. The summed E-state index contributed by atoms with van der Waals surface area (Å²) in [5.41, 5.74) is 1.24. The van der Waals surface area contributed by atoms with E-state index in [2.05, 4.69) is 10.6 Å². The molecule has 0 spiro atoms. The summed E-state index contributed by atoms with van der Waals surface area (Å²) in [5.74, 6) is -0.625. The molecule has 0 bridgehead atoms. The number of aryl methyl sites for hydroxylation is 2. The van der Waals surface area contributed by atoms with Crippen LogP contribution >= 0.6 is 0 Å². The summed E-state index contributed by atoms with van der Waals surface area (Å²) in [6.07, 6.45) is -0.678. The van der Waals surface area contributed by atoms with Crippen molar-refractivity contribution in [2.24, 2.45) is 0 Å². The molecule has 3 amide bonds. The molecule has 2 unspecified atom stereocenters. The molecule has 7 nitrogen and oxygen atoms in total. The van der Waals surface area contributed by atoms with Gasteiger partial charge in [0.1, 0.15) is 17.7 Å². The Morgan fingerprint density at radius 3 is 1.81 bits per heavy atom. The van der Waals surface area contributed by atoms with Crippen LogP contribution in [0.15, 0.2) is 18.2 Å². The summed E-state index contributed by atoms with van der Waals surface area (Å²) in [7, 11) is 0. The molecule has 0 saturated heterocycles. The fourth-order valence-corrected chi connectivity index (χ4v) is 3.60. The zero-order valence-electron chi connectivity index (χ0n) is 21.5. The van der Waals surface area contributed by atoms with E-state index in [0.29, 0.717) is 0 Å². The molecule has 0 fully saturated rings. The second-order valence-electron chi connectivity index (χ2n) is 10.6. The van der Waals surface area contributed by atoms with Crippen LogP contribution in [0.3, 0.4) is 0 Å². The van der Waals surface area contributed by atoms with Gasteiger partial charge in [0.05, 0.1) is 0 Å². The predicted molar refractivity (Wildman–Crippen MR) is 127 cm³/mol. The van der Waals surface area contributed by atoms with E-state index in [1.165, 1.54) is 0 Å². The quantitative estimate of drug-likeness (QED) is 0.676. The minimum absolute atomic E-state index is 0.0939. The topological polar surface area (TPSA) is 87.7 Å². The fraction of sp³-hybridized carbons (Fsp3) is 0.640. The van der Waals surface area contributed by atoms with Crippen molar-refractivity contribution in [3.8, 4) is 0 Å². The van der Waals surface area contributed by atoms with Crippen LogP contribution in [0.4, 0.5) is 4.79 Å². The molecule has 7 heteroatoms. The molecule has 2 N–H and O–H groups in total. The van der Waals surface area contributed by atoms with Crippen LogP contribution in [0.1, 0.15) is 85.0 Å². The Kier molecular flexibility index (Phi) is 8.90. The summed E-state index contributed by atoms with van der Waals surface area (Å²) in [6, 6.07) is 3.97. The second kappa shape index (κ2) is 10.4. The number of benzene rings is 1. The minimum Gasteiger partial charge on any atom is -0.444 e.